The summed E-state index contributed by atoms with van der Waals surface area (Å²) in [4.78, 5) is 3.80. The Morgan fingerprint density at radius 3 is 2.60 bits per heavy atom. The SMILES string of the molecule is Cc1cc(F)ccc1S(=O)(=O)Nc1ccc(C#N)cn1. The second-order valence-corrected chi connectivity index (χ2v) is 5.71. The second kappa shape index (κ2) is 5.27. The zero-order chi connectivity index (χ0) is 14.8. The van der Waals surface area contributed by atoms with Crippen LogP contribution in [0.4, 0.5) is 10.2 Å². The molecule has 0 saturated carbocycles. The Labute approximate surface area is 115 Å². The maximum absolute atomic E-state index is 13.0. The summed E-state index contributed by atoms with van der Waals surface area (Å²) in [5.74, 6) is -0.411. The van der Waals surface area contributed by atoms with Crippen molar-refractivity contribution in [1.82, 2.24) is 4.98 Å². The molecule has 0 unspecified atom stereocenters. The lowest BCUT2D eigenvalue weighted by Crippen LogP contribution is -2.15. The molecule has 2 rings (SSSR count). The van der Waals surface area contributed by atoms with Gasteiger partial charge in [-0.05, 0) is 42.8 Å². The Bertz CT molecular complexity index is 780. The van der Waals surface area contributed by atoms with Crippen molar-refractivity contribution in [3.63, 3.8) is 0 Å². The number of anilines is 1. The molecule has 0 saturated heterocycles. The number of rotatable bonds is 3. The van der Waals surface area contributed by atoms with Crippen molar-refractivity contribution in [3.05, 3.63) is 53.5 Å². The van der Waals surface area contributed by atoms with Crippen LogP contribution in [-0.4, -0.2) is 13.4 Å². The van der Waals surface area contributed by atoms with Gasteiger partial charge < -0.3 is 0 Å². The Kier molecular flexibility index (Phi) is 3.68. The third kappa shape index (κ3) is 2.92. The molecule has 2 aromatic rings. The summed E-state index contributed by atoms with van der Waals surface area (Å²) in [6.07, 6.45) is 1.26. The van der Waals surface area contributed by atoms with Gasteiger partial charge in [-0.1, -0.05) is 0 Å². The fourth-order valence-electron chi connectivity index (χ4n) is 1.63. The van der Waals surface area contributed by atoms with E-state index < -0.39 is 15.8 Å². The first kappa shape index (κ1) is 14.0. The largest absolute Gasteiger partial charge is 0.263 e. The number of aromatic nitrogens is 1. The molecule has 1 aromatic heterocycles. The normalized spacial score (nSPS) is 10.8. The lowest BCUT2D eigenvalue weighted by atomic mass is 10.2. The minimum atomic E-state index is -3.84. The summed E-state index contributed by atoms with van der Waals surface area (Å²) >= 11 is 0. The zero-order valence-electron chi connectivity index (χ0n) is 10.5. The number of aryl methyl sites for hydroxylation is 1. The van der Waals surface area contributed by atoms with Gasteiger partial charge in [0.15, 0.2) is 0 Å². The fraction of sp³-hybridized carbons (Fsp3) is 0.0769. The van der Waals surface area contributed by atoms with Crippen LogP contribution in [0, 0.1) is 24.1 Å². The molecule has 0 radical (unpaired) electrons. The minimum absolute atomic E-state index is 0.0231. The van der Waals surface area contributed by atoms with Gasteiger partial charge in [-0.2, -0.15) is 5.26 Å². The van der Waals surface area contributed by atoms with Crippen LogP contribution < -0.4 is 4.72 Å². The highest BCUT2D eigenvalue weighted by Gasteiger charge is 2.17. The van der Waals surface area contributed by atoms with E-state index in [1.54, 1.807) is 0 Å². The van der Waals surface area contributed by atoms with Crippen LogP contribution in [-0.2, 0) is 10.0 Å². The van der Waals surface area contributed by atoms with E-state index in [2.05, 4.69) is 9.71 Å². The molecule has 5 nitrogen and oxygen atoms in total. The smallest absolute Gasteiger partial charge is 0.263 e. The van der Waals surface area contributed by atoms with E-state index in [1.165, 1.54) is 31.3 Å². The van der Waals surface area contributed by atoms with Gasteiger partial charge in [0, 0.05) is 6.20 Å². The van der Waals surface area contributed by atoms with Crippen molar-refractivity contribution in [2.75, 3.05) is 4.72 Å². The van der Waals surface area contributed by atoms with Gasteiger partial charge in [-0.15, -0.1) is 0 Å². The molecule has 0 spiro atoms. The highest BCUT2D eigenvalue weighted by Crippen LogP contribution is 2.19. The fourth-order valence-corrected chi connectivity index (χ4v) is 2.86. The Hall–Kier alpha value is -2.46. The molecule has 0 aliphatic carbocycles. The summed E-state index contributed by atoms with van der Waals surface area (Å²) in [5.41, 5.74) is 0.622. The molecule has 102 valence electrons. The van der Waals surface area contributed by atoms with Gasteiger partial charge in [0.05, 0.1) is 10.5 Å². The number of nitrogens with one attached hydrogen (secondary N) is 1. The van der Waals surface area contributed by atoms with Gasteiger partial charge >= 0.3 is 0 Å². The first-order valence-electron chi connectivity index (χ1n) is 5.57. The maximum Gasteiger partial charge on any atom is 0.263 e. The number of hydrogen-bond acceptors (Lipinski definition) is 4. The van der Waals surface area contributed by atoms with Gasteiger partial charge in [-0.3, -0.25) is 4.72 Å². The van der Waals surface area contributed by atoms with E-state index >= 15 is 0 Å². The quantitative estimate of drug-likeness (QED) is 0.939. The minimum Gasteiger partial charge on any atom is -0.263 e. The highest BCUT2D eigenvalue weighted by atomic mass is 32.2. The number of sulfonamides is 1. The monoisotopic (exact) mass is 291 g/mol. The number of pyridine rings is 1. The Morgan fingerprint density at radius 1 is 1.30 bits per heavy atom. The molecule has 0 aliphatic heterocycles. The first-order valence-corrected chi connectivity index (χ1v) is 7.06. The van der Waals surface area contributed by atoms with Gasteiger partial charge in [-0.25, -0.2) is 17.8 Å². The molecule has 0 amide bonds. The van der Waals surface area contributed by atoms with Crippen LogP contribution in [0.3, 0.4) is 0 Å². The van der Waals surface area contributed by atoms with Crippen LogP contribution in [0.15, 0.2) is 41.4 Å². The standard InChI is InChI=1S/C13H10FN3O2S/c1-9-6-11(14)3-4-12(9)20(18,19)17-13-5-2-10(7-15)8-16-13/h2-6,8H,1H3,(H,16,17). The van der Waals surface area contributed by atoms with Crippen molar-refractivity contribution in [2.45, 2.75) is 11.8 Å². The lowest BCUT2D eigenvalue weighted by Gasteiger charge is -2.09. The van der Waals surface area contributed by atoms with Crippen LogP contribution in [0.5, 0.6) is 0 Å². The van der Waals surface area contributed by atoms with Crippen molar-refractivity contribution in [3.8, 4) is 6.07 Å². The highest BCUT2D eigenvalue weighted by molar-refractivity contribution is 7.92. The summed E-state index contributed by atoms with van der Waals surface area (Å²) < 4.78 is 39.6. The maximum atomic E-state index is 13.0. The van der Waals surface area contributed by atoms with Crippen LogP contribution in [0.25, 0.3) is 0 Å². The van der Waals surface area contributed by atoms with Crippen molar-refractivity contribution in [2.24, 2.45) is 0 Å². The molecular weight excluding hydrogens is 281 g/mol. The number of hydrogen-bond donors (Lipinski definition) is 1. The molecule has 0 fully saturated rings. The molecule has 1 aromatic carbocycles. The summed E-state index contributed by atoms with van der Waals surface area (Å²) in [6, 6.07) is 8.12. The Morgan fingerprint density at radius 2 is 2.05 bits per heavy atom. The molecule has 0 bridgehead atoms. The van der Waals surface area contributed by atoms with E-state index in [-0.39, 0.29) is 10.7 Å². The zero-order valence-corrected chi connectivity index (χ0v) is 11.3. The number of nitriles is 1. The van der Waals surface area contributed by atoms with E-state index in [9.17, 15) is 12.8 Å². The average Bonchev–Trinajstić information content (AvgIpc) is 2.38. The number of halogens is 1. The first-order chi connectivity index (χ1) is 9.42. The number of benzene rings is 1. The van der Waals surface area contributed by atoms with Crippen molar-refractivity contribution >= 4 is 15.8 Å². The third-order valence-electron chi connectivity index (χ3n) is 2.56. The van der Waals surface area contributed by atoms with Gasteiger partial charge in [0.25, 0.3) is 10.0 Å². The van der Waals surface area contributed by atoms with Crippen molar-refractivity contribution < 1.29 is 12.8 Å². The molecule has 0 aliphatic rings. The molecular formula is C13H10FN3O2S. The predicted molar refractivity (Wildman–Crippen MR) is 70.9 cm³/mol. The van der Waals surface area contributed by atoms with E-state index in [1.807, 2.05) is 6.07 Å². The topological polar surface area (TPSA) is 82.9 Å². The molecule has 1 N–H and O–H groups in total. The predicted octanol–water partition coefficient (Wildman–Crippen LogP) is 2.20. The van der Waals surface area contributed by atoms with Crippen LogP contribution in [0.1, 0.15) is 11.1 Å². The third-order valence-corrected chi connectivity index (χ3v) is 4.07. The second-order valence-electron chi connectivity index (χ2n) is 4.06. The summed E-state index contributed by atoms with van der Waals surface area (Å²) in [7, 11) is -3.84. The van der Waals surface area contributed by atoms with Gasteiger partial charge in [0.2, 0.25) is 0 Å². The van der Waals surface area contributed by atoms with E-state index in [4.69, 9.17) is 5.26 Å². The van der Waals surface area contributed by atoms with Gasteiger partial charge in [0.1, 0.15) is 17.7 Å². The van der Waals surface area contributed by atoms with Crippen LogP contribution in [0.2, 0.25) is 0 Å². The summed E-state index contributed by atoms with van der Waals surface area (Å²) in [5, 5.41) is 8.64. The van der Waals surface area contributed by atoms with Crippen LogP contribution >= 0.6 is 0 Å². The molecule has 20 heavy (non-hydrogen) atoms. The average molecular weight is 291 g/mol. The number of nitrogens with zero attached hydrogens (tertiary/aromatic N) is 2. The summed E-state index contributed by atoms with van der Waals surface area (Å²) in [6.45, 7) is 1.50. The van der Waals surface area contributed by atoms with E-state index in [0.717, 1.165) is 12.1 Å². The Balaban J connectivity index is 2.33. The molecule has 0 atom stereocenters. The van der Waals surface area contributed by atoms with E-state index in [0.29, 0.717) is 11.1 Å². The van der Waals surface area contributed by atoms with Crippen molar-refractivity contribution in [1.29, 1.82) is 5.26 Å². The molecule has 7 heteroatoms. The lowest BCUT2D eigenvalue weighted by molar-refractivity contribution is 0.598. The molecule has 1 heterocycles.